The number of nitro groups is 1. The monoisotopic (exact) mass is 321 g/mol. The average Bonchev–Trinajstić information content (AvgIpc) is 2.43. The zero-order valence-electron chi connectivity index (χ0n) is 10.9. The fraction of sp³-hybridized carbons (Fsp3) is 0.417. The van der Waals surface area contributed by atoms with E-state index >= 15 is 0 Å². The maximum Gasteiger partial charge on any atom is 0.370 e. The predicted molar refractivity (Wildman–Crippen MR) is 74.1 cm³/mol. The number of nitrogens with zero attached hydrogens (tertiary/aromatic N) is 1. The van der Waals surface area contributed by atoms with Gasteiger partial charge in [-0.3, -0.25) is 10.1 Å². The lowest BCUT2D eigenvalue weighted by Gasteiger charge is -2.15. The minimum atomic E-state index is -2.12. The fourth-order valence-corrected chi connectivity index (χ4v) is 1.87. The zero-order valence-corrected chi connectivity index (χ0v) is 12.4. The molecule has 0 amide bonds. The van der Waals surface area contributed by atoms with Crippen molar-refractivity contribution >= 4 is 29.2 Å². The number of halogens is 2. The van der Waals surface area contributed by atoms with Crippen LogP contribution < -0.4 is 4.74 Å². The van der Waals surface area contributed by atoms with Gasteiger partial charge < -0.3 is 9.47 Å². The van der Waals surface area contributed by atoms with E-state index in [1.54, 1.807) is 18.2 Å². The van der Waals surface area contributed by atoms with Gasteiger partial charge in [-0.25, -0.2) is 4.79 Å². The number of methoxy groups -OCH3 is 2. The van der Waals surface area contributed by atoms with Crippen LogP contribution in [-0.4, -0.2) is 29.6 Å². The Hall–Kier alpha value is -1.53. The highest BCUT2D eigenvalue weighted by Gasteiger charge is 2.37. The Bertz CT molecular complexity index is 519. The van der Waals surface area contributed by atoms with Gasteiger partial charge in [-0.1, -0.05) is 6.07 Å². The van der Waals surface area contributed by atoms with Gasteiger partial charge in [-0.2, -0.15) is 0 Å². The average molecular weight is 322 g/mol. The molecule has 0 spiro atoms. The minimum absolute atomic E-state index is 0.0996. The van der Waals surface area contributed by atoms with E-state index in [-0.39, 0.29) is 18.4 Å². The normalized spacial score (nSPS) is 11.0. The molecule has 0 N–H and O–H groups in total. The van der Waals surface area contributed by atoms with Gasteiger partial charge in [-0.05, 0) is 41.8 Å². The molecule has 0 aliphatic carbocycles. The van der Waals surface area contributed by atoms with Crippen LogP contribution >= 0.6 is 23.2 Å². The first-order valence-corrected chi connectivity index (χ1v) is 6.35. The second-order valence-electron chi connectivity index (χ2n) is 3.90. The number of hydrogen-bond acceptors (Lipinski definition) is 5. The summed E-state index contributed by atoms with van der Waals surface area (Å²) in [5, 5.41) is 10.7. The highest BCUT2D eigenvalue weighted by molar-refractivity contribution is 6.46. The van der Waals surface area contributed by atoms with E-state index in [9.17, 15) is 14.9 Å². The molecule has 20 heavy (non-hydrogen) atoms. The highest BCUT2D eigenvalue weighted by atomic mass is 35.5. The van der Waals surface area contributed by atoms with E-state index in [4.69, 9.17) is 27.9 Å². The lowest BCUT2D eigenvalue weighted by Crippen LogP contribution is -2.25. The fourth-order valence-electron chi connectivity index (χ4n) is 1.68. The summed E-state index contributed by atoms with van der Waals surface area (Å²) in [6.45, 7) is 0. The summed E-state index contributed by atoms with van der Waals surface area (Å²) in [5.74, 6) is -0.143. The molecule has 0 aromatic heterocycles. The lowest BCUT2D eigenvalue weighted by molar-refractivity contribution is -0.516. The van der Waals surface area contributed by atoms with Crippen LogP contribution in [0.1, 0.15) is 22.3 Å². The summed E-state index contributed by atoms with van der Waals surface area (Å²) in [6.07, 6.45) is -0.0735. The maximum atomic E-state index is 11.7. The van der Waals surface area contributed by atoms with Gasteiger partial charge in [-0.15, -0.1) is 0 Å². The number of benzene rings is 1. The maximum absolute atomic E-state index is 11.7. The van der Waals surface area contributed by atoms with E-state index in [0.717, 1.165) is 0 Å². The van der Waals surface area contributed by atoms with E-state index in [2.05, 4.69) is 4.74 Å². The Morgan fingerprint density at radius 1 is 1.40 bits per heavy atom. The molecular formula is C12H13Cl2NO5. The van der Waals surface area contributed by atoms with Gasteiger partial charge in [0, 0.05) is 5.56 Å². The summed E-state index contributed by atoms with van der Waals surface area (Å²) < 4.78 is 7.69. The molecule has 0 aliphatic rings. The molecule has 0 saturated heterocycles. The number of ether oxygens (including phenoxy) is 2. The number of rotatable bonds is 6. The van der Waals surface area contributed by atoms with Crippen molar-refractivity contribution in [2.45, 2.75) is 17.3 Å². The van der Waals surface area contributed by atoms with Crippen LogP contribution in [0.25, 0.3) is 0 Å². The first-order chi connectivity index (χ1) is 9.33. The quantitative estimate of drug-likeness (QED) is 0.264. The van der Waals surface area contributed by atoms with Crippen molar-refractivity contribution in [1.29, 1.82) is 0 Å². The predicted octanol–water partition coefficient (Wildman–Crippen LogP) is 2.82. The number of carbonyl (C=O) groups is 1. The molecular weight excluding hydrogens is 309 g/mol. The van der Waals surface area contributed by atoms with E-state index in [1.165, 1.54) is 14.2 Å². The molecule has 0 aliphatic heterocycles. The van der Waals surface area contributed by atoms with Gasteiger partial charge in [0.05, 0.1) is 31.1 Å². The summed E-state index contributed by atoms with van der Waals surface area (Å²) in [5.41, 5.74) is 0.730. The van der Waals surface area contributed by atoms with Crippen molar-refractivity contribution in [3.63, 3.8) is 0 Å². The van der Waals surface area contributed by atoms with Gasteiger partial charge >= 0.3 is 10.4 Å². The Labute approximate surface area is 125 Å². The molecule has 0 saturated carbocycles. The molecule has 0 bridgehead atoms. The number of alkyl halides is 2. The van der Waals surface area contributed by atoms with Crippen LogP contribution in [0.2, 0.25) is 0 Å². The van der Waals surface area contributed by atoms with Gasteiger partial charge in [0.2, 0.25) is 0 Å². The van der Waals surface area contributed by atoms with Crippen LogP contribution in [-0.2, 0) is 11.2 Å². The van der Waals surface area contributed by atoms with E-state index in [0.29, 0.717) is 11.3 Å². The third-order valence-corrected chi connectivity index (χ3v) is 3.36. The summed E-state index contributed by atoms with van der Waals surface area (Å²) >= 11 is 11.2. The minimum Gasteiger partial charge on any atom is -0.496 e. The number of carbonyl (C=O) groups excluding carboxylic acids is 1. The SMILES string of the molecule is COC(=O)c1cccc(OC)c1CCC(Cl)(Cl)[N+](=O)[O-]. The molecule has 1 aromatic rings. The third kappa shape index (κ3) is 3.74. The van der Waals surface area contributed by atoms with E-state index in [1.807, 2.05) is 0 Å². The Balaban J connectivity index is 3.09. The van der Waals surface area contributed by atoms with Crippen molar-refractivity contribution in [1.82, 2.24) is 0 Å². The van der Waals surface area contributed by atoms with Gasteiger partial charge in [0.25, 0.3) is 0 Å². The van der Waals surface area contributed by atoms with Crippen LogP contribution in [0.3, 0.4) is 0 Å². The molecule has 6 nitrogen and oxygen atoms in total. The Morgan fingerprint density at radius 2 is 2.05 bits per heavy atom. The van der Waals surface area contributed by atoms with Crippen molar-refractivity contribution < 1.29 is 19.2 Å². The van der Waals surface area contributed by atoms with Crippen LogP contribution in [0.4, 0.5) is 0 Å². The third-order valence-electron chi connectivity index (χ3n) is 2.70. The van der Waals surface area contributed by atoms with Crippen molar-refractivity contribution in [2.24, 2.45) is 0 Å². The zero-order chi connectivity index (χ0) is 15.3. The van der Waals surface area contributed by atoms with Crippen LogP contribution in [0.15, 0.2) is 18.2 Å². The largest absolute Gasteiger partial charge is 0.496 e. The van der Waals surface area contributed by atoms with Crippen LogP contribution in [0.5, 0.6) is 5.75 Å². The first kappa shape index (κ1) is 16.5. The number of hydrogen-bond donors (Lipinski definition) is 0. The van der Waals surface area contributed by atoms with Crippen molar-refractivity contribution in [3.05, 3.63) is 39.4 Å². The highest BCUT2D eigenvalue weighted by Crippen LogP contribution is 2.31. The molecule has 0 atom stereocenters. The smallest absolute Gasteiger partial charge is 0.370 e. The molecule has 8 heteroatoms. The molecule has 0 unspecified atom stereocenters. The molecule has 0 heterocycles. The second kappa shape index (κ2) is 6.76. The Kier molecular flexibility index (Phi) is 5.59. The molecule has 1 rings (SSSR count). The topological polar surface area (TPSA) is 78.7 Å². The summed E-state index contributed by atoms with van der Waals surface area (Å²) in [4.78, 5) is 21.6. The summed E-state index contributed by atoms with van der Waals surface area (Å²) in [6, 6.07) is 4.80. The van der Waals surface area contributed by atoms with Gasteiger partial charge in [0.15, 0.2) is 0 Å². The lowest BCUT2D eigenvalue weighted by atomic mass is 10.0. The first-order valence-electron chi connectivity index (χ1n) is 5.60. The van der Waals surface area contributed by atoms with Crippen LogP contribution in [0, 0.1) is 10.1 Å². The van der Waals surface area contributed by atoms with Gasteiger partial charge in [0.1, 0.15) is 5.75 Å². The molecule has 0 fully saturated rings. The standard InChI is InChI=1S/C12H13Cl2NO5/c1-19-10-5-3-4-9(11(16)20-2)8(10)6-7-12(13,14)15(17)18/h3-5H,6-7H2,1-2H3. The summed E-state index contributed by atoms with van der Waals surface area (Å²) in [7, 11) is 2.68. The molecule has 0 radical (unpaired) electrons. The molecule has 110 valence electrons. The Morgan fingerprint density at radius 3 is 2.55 bits per heavy atom. The second-order valence-corrected chi connectivity index (χ2v) is 5.34. The van der Waals surface area contributed by atoms with Crippen molar-refractivity contribution in [3.8, 4) is 5.75 Å². The van der Waals surface area contributed by atoms with Crippen molar-refractivity contribution in [2.75, 3.05) is 14.2 Å². The molecule has 1 aromatic carbocycles. The number of esters is 1. The van der Waals surface area contributed by atoms with E-state index < -0.39 is 15.3 Å².